The third-order valence-corrected chi connectivity index (χ3v) is 7.20. The van der Waals surface area contributed by atoms with E-state index >= 15 is 0 Å². The van der Waals surface area contributed by atoms with Gasteiger partial charge in [0, 0.05) is 31.8 Å². The molecule has 4 amide bonds. The van der Waals surface area contributed by atoms with Crippen LogP contribution in [0.3, 0.4) is 0 Å². The molecule has 0 saturated heterocycles. The lowest BCUT2D eigenvalue weighted by atomic mass is 10.00. The Morgan fingerprint density at radius 2 is 1.13 bits per heavy atom. The van der Waals surface area contributed by atoms with E-state index in [1.54, 1.807) is 60.9 Å². The van der Waals surface area contributed by atoms with Gasteiger partial charge in [-0.1, -0.05) is 91.0 Å². The number of nitrogens with zero attached hydrogens (tertiary/aromatic N) is 1. The molecule has 1 aromatic heterocycles. The van der Waals surface area contributed by atoms with E-state index in [9.17, 15) is 24.0 Å². The normalized spacial score (nSPS) is 12.4. The van der Waals surface area contributed by atoms with E-state index in [2.05, 4.69) is 26.3 Å². The van der Waals surface area contributed by atoms with Crippen molar-refractivity contribution in [3.05, 3.63) is 138 Å². The minimum Gasteiger partial charge on any atom is -0.445 e. The molecular formula is C36H37N5O6. The van der Waals surface area contributed by atoms with Crippen molar-refractivity contribution in [2.75, 3.05) is 0 Å². The molecule has 11 nitrogen and oxygen atoms in total. The predicted octanol–water partition coefficient (Wildman–Crippen LogP) is 3.04. The number of rotatable bonds is 15. The zero-order valence-corrected chi connectivity index (χ0v) is 25.9. The molecule has 11 heteroatoms. The molecule has 0 aliphatic carbocycles. The summed E-state index contributed by atoms with van der Waals surface area (Å²) >= 11 is 0. The monoisotopic (exact) mass is 635 g/mol. The standard InChI is InChI=1S/C36H37N5O6/c1-25(39-36(46)47-24-29-15-9-4-10-16-29)33(43)41-31(22-27-17-19-37-20-18-27)34(44)40-30(21-26-11-5-2-6-12-26)32(42)35(45)38-23-28-13-7-3-8-14-28/h2-20,25,30-31H,21-24H2,1H3,(H,38,45)(H,39,46)(H,40,44)(H,41,43)/t25-,30-,31-/m0/s1. The highest BCUT2D eigenvalue weighted by molar-refractivity contribution is 6.38. The minimum absolute atomic E-state index is 0.0177. The van der Waals surface area contributed by atoms with Gasteiger partial charge < -0.3 is 26.0 Å². The van der Waals surface area contributed by atoms with Gasteiger partial charge in [-0.3, -0.25) is 24.2 Å². The molecular weight excluding hydrogens is 598 g/mol. The Hall–Kier alpha value is -5.84. The first-order valence-corrected chi connectivity index (χ1v) is 15.1. The Morgan fingerprint density at radius 3 is 1.74 bits per heavy atom. The fourth-order valence-electron chi connectivity index (χ4n) is 4.62. The zero-order chi connectivity index (χ0) is 33.4. The summed E-state index contributed by atoms with van der Waals surface area (Å²) in [6.45, 7) is 1.61. The van der Waals surface area contributed by atoms with Gasteiger partial charge in [0.25, 0.3) is 5.91 Å². The molecule has 1 heterocycles. The number of nitrogens with one attached hydrogen (secondary N) is 4. The maximum Gasteiger partial charge on any atom is 0.408 e. The van der Waals surface area contributed by atoms with Crippen LogP contribution >= 0.6 is 0 Å². The van der Waals surface area contributed by atoms with E-state index in [1.807, 2.05) is 54.6 Å². The summed E-state index contributed by atoms with van der Waals surface area (Å²) in [4.78, 5) is 69.7. The summed E-state index contributed by atoms with van der Waals surface area (Å²) in [6, 6.07) is 27.1. The lowest BCUT2D eigenvalue weighted by molar-refractivity contribution is -0.140. The molecule has 0 unspecified atom stereocenters. The average molecular weight is 636 g/mol. The highest BCUT2D eigenvalue weighted by Gasteiger charge is 2.31. The first-order valence-electron chi connectivity index (χ1n) is 15.1. The lowest BCUT2D eigenvalue weighted by Crippen LogP contribution is -2.57. The van der Waals surface area contributed by atoms with Gasteiger partial charge in [0.15, 0.2) is 0 Å². The van der Waals surface area contributed by atoms with Gasteiger partial charge in [-0.05, 0) is 41.3 Å². The first kappa shape index (κ1) is 34.0. The minimum atomic E-state index is -1.22. The van der Waals surface area contributed by atoms with E-state index in [-0.39, 0.29) is 26.0 Å². The Labute approximate surface area is 273 Å². The molecule has 3 aromatic carbocycles. The van der Waals surface area contributed by atoms with Gasteiger partial charge in [-0.25, -0.2) is 4.79 Å². The molecule has 0 aliphatic rings. The Balaban J connectivity index is 1.45. The number of ketones is 1. The largest absolute Gasteiger partial charge is 0.445 e. The molecule has 47 heavy (non-hydrogen) atoms. The van der Waals surface area contributed by atoms with Crippen LogP contribution in [0.15, 0.2) is 116 Å². The summed E-state index contributed by atoms with van der Waals surface area (Å²) in [7, 11) is 0. The van der Waals surface area contributed by atoms with Gasteiger partial charge in [0.2, 0.25) is 17.6 Å². The molecule has 0 spiro atoms. The Kier molecular flexibility index (Phi) is 12.7. The van der Waals surface area contributed by atoms with Gasteiger partial charge in [-0.2, -0.15) is 0 Å². The molecule has 4 N–H and O–H groups in total. The second-order valence-corrected chi connectivity index (χ2v) is 10.8. The van der Waals surface area contributed by atoms with Gasteiger partial charge in [-0.15, -0.1) is 0 Å². The molecule has 0 bridgehead atoms. The molecule has 0 radical (unpaired) electrons. The number of ether oxygens (including phenoxy) is 1. The van der Waals surface area contributed by atoms with Crippen molar-refractivity contribution in [3.63, 3.8) is 0 Å². The molecule has 4 rings (SSSR count). The summed E-state index contributed by atoms with van der Waals surface area (Å²) in [5, 5.41) is 10.5. The van der Waals surface area contributed by atoms with Crippen LogP contribution < -0.4 is 21.3 Å². The van der Waals surface area contributed by atoms with E-state index in [1.165, 1.54) is 6.92 Å². The fourth-order valence-corrected chi connectivity index (χ4v) is 4.62. The van der Waals surface area contributed by atoms with E-state index < -0.39 is 47.7 Å². The quantitative estimate of drug-likeness (QED) is 0.146. The maximum atomic E-state index is 13.8. The average Bonchev–Trinajstić information content (AvgIpc) is 3.10. The topological polar surface area (TPSA) is 156 Å². The Morgan fingerprint density at radius 1 is 0.617 bits per heavy atom. The van der Waals surface area contributed by atoms with Crippen LogP contribution in [0.4, 0.5) is 4.79 Å². The number of benzene rings is 3. The molecule has 0 saturated carbocycles. The number of Topliss-reactive ketones (excluding diaryl/α,β-unsaturated/α-hetero) is 1. The van der Waals surface area contributed by atoms with Crippen LogP contribution in [0, 0.1) is 0 Å². The number of pyridine rings is 1. The molecule has 0 fully saturated rings. The van der Waals surface area contributed by atoms with Crippen molar-refractivity contribution in [2.45, 2.75) is 51.0 Å². The number of carbonyl (C=O) groups is 5. The van der Waals surface area contributed by atoms with Gasteiger partial charge in [0.05, 0.1) is 0 Å². The van der Waals surface area contributed by atoms with Crippen LogP contribution in [-0.2, 0) is 49.9 Å². The SMILES string of the molecule is C[C@H](NC(=O)OCc1ccccc1)C(=O)N[C@@H](Cc1ccncc1)C(=O)N[C@@H](Cc1ccccc1)C(=O)C(=O)NCc1ccccc1. The predicted molar refractivity (Wildman–Crippen MR) is 174 cm³/mol. The van der Waals surface area contributed by atoms with Crippen molar-refractivity contribution >= 4 is 29.6 Å². The van der Waals surface area contributed by atoms with Crippen LogP contribution in [0.25, 0.3) is 0 Å². The number of hydrogen-bond donors (Lipinski definition) is 4. The molecule has 0 aliphatic heterocycles. The smallest absolute Gasteiger partial charge is 0.408 e. The van der Waals surface area contributed by atoms with Crippen molar-refractivity contribution in [1.82, 2.24) is 26.3 Å². The number of carbonyl (C=O) groups excluding carboxylic acids is 5. The second-order valence-electron chi connectivity index (χ2n) is 10.8. The summed E-state index contributed by atoms with van der Waals surface area (Å²) in [5.74, 6) is -3.01. The van der Waals surface area contributed by atoms with Crippen molar-refractivity contribution in [3.8, 4) is 0 Å². The van der Waals surface area contributed by atoms with Crippen molar-refractivity contribution < 1.29 is 28.7 Å². The van der Waals surface area contributed by atoms with E-state index in [4.69, 9.17) is 4.74 Å². The van der Waals surface area contributed by atoms with Gasteiger partial charge >= 0.3 is 6.09 Å². The molecule has 3 atom stereocenters. The first-order chi connectivity index (χ1) is 22.8. The Bertz CT molecular complexity index is 1620. The number of aromatic nitrogens is 1. The van der Waals surface area contributed by atoms with Crippen LogP contribution in [0.5, 0.6) is 0 Å². The third kappa shape index (κ3) is 11.2. The summed E-state index contributed by atoms with van der Waals surface area (Å²) in [6.07, 6.45) is 2.40. The number of hydrogen-bond acceptors (Lipinski definition) is 7. The second kappa shape index (κ2) is 17.6. The van der Waals surface area contributed by atoms with E-state index in [0.29, 0.717) is 5.56 Å². The lowest BCUT2D eigenvalue weighted by Gasteiger charge is -2.24. The summed E-state index contributed by atoms with van der Waals surface area (Å²) < 4.78 is 5.21. The van der Waals surface area contributed by atoms with Crippen molar-refractivity contribution in [1.29, 1.82) is 0 Å². The number of amides is 4. The van der Waals surface area contributed by atoms with Crippen LogP contribution in [0.2, 0.25) is 0 Å². The van der Waals surface area contributed by atoms with Crippen LogP contribution in [0.1, 0.15) is 29.2 Å². The van der Waals surface area contributed by atoms with Crippen molar-refractivity contribution in [2.24, 2.45) is 0 Å². The maximum absolute atomic E-state index is 13.8. The number of alkyl carbamates (subject to hydrolysis) is 1. The van der Waals surface area contributed by atoms with Gasteiger partial charge in [0.1, 0.15) is 24.7 Å². The summed E-state index contributed by atoms with van der Waals surface area (Å²) in [5.41, 5.74) is 3.00. The highest BCUT2D eigenvalue weighted by Crippen LogP contribution is 2.08. The highest BCUT2D eigenvalue weighted by atomic mass is 16.5. The zero-order valence-electron chi connectivity index (χ0n) is 25.9. The molecule has 242 valence electrons. The molecule has 4 aromatic rings. The third-order valence-electron chi connectivity index (χ3n) is 7.20. The fraction of sp³-hybridized carbons (Fsp3) is 0.222. The van der Waals surface area contributed by atoms with Crippen LogP contribution in [-0.4, -0.2) is 52.7 Å². The van der Waals surface area contributed by atoms with E-state index in [0.717, 1.165) is 16.7 Å².